The number of rotatable bonds is 5. The summed E-state index contributed by atoms with van der Waals surface area (Å²) in [6, 6.07) is 9.33. The minimum atomic E-state index is -0.487. The fourth-order valence-corrected chi connectivity index (χ4v) is 1.93. The molecule has 1 aromatic heterocycles. The first-order valence-corrected chi connectivity index (χ1v) is 6.71. The van der Waals surface area contributed by atoms with Crippen LogP contribution in [-0.4, -0.2) is 10.1 Å². The Labute approximate surface area is 123 Å². The monoisotopic (exact) mass is 290 g/mol. The Kier molecular flexibility index (Phi) is 4.43. The number of benzene rings is 1. The maximum atomic E-state index is 12.8. The third-order valence-electron chi connectivity index (χ3n) is 2.87. The fraction of sp³-hybridized carbons (Fsp3) is 0.312. The van der Waals surface area contributed by atoms with E-state index >= 15 is 0 Å². The van der Waals surface area contributed by atoms with Gasteiger partial charge in [0.15, 0.2) is 5.75 Å². The zero-order valence-electron chi connectivity index (χ0n) is 12.2. The molecular weight excluding hydrogens is 271 g/mol. The molecule has 0 radical (unpaired) electrons. The molecule has 0 atom stereocenters. The molecule has 0 saturated carbocycles. The van der Waals surface area contributed by atoms with Crippen LogP contribution in [0.2, 0.25) is 0 Å². The Bertz CT molecular complexity index is 657. The van der Waals surface area contributed by atoms with Crippen molar-refractivity contribution in [3.63, 3.8) is 0 Å². The van der Waals surface area contributed by atoms with Crippen LogP contribution >= 0.6 is 0 Å². The SMILES string of the molecule is CC(C)(N)Cn1cccc(OCc2ccc(F)cc2)c1=O. The average Bonchev–Trinajstić information content (AvgIpc) is 2.40. The minimum Gasteiger partial charge on any atom is -0.483 e. The van der Waals surface area contributed by atoms with Crippen LogP contribution in [0.5, 0.6) is 5.75 Å². The highest BCUT2D eigenvalue weighted by atomic mass is 19.1. The summed E-state index contributed by atoms with van der Waals surface area (Å²) >= 11 is 0. The predicted octanol–water partition coefficient (Wildman–Crippen LogP) is 2.30. The number of aromatic nitrogens is 1. The topological polar surface area (TPSA) is 57.2 Å². The molecule has 0 aliphatic rings. The largest absolute Gasteiger partial charge is 0.483 e. The van der Waals surface area contributed by atoms with E-state index in [4.69, 9.17) is 10.5 Å². The molecule has 0 spiro atoms. The maximum Gasteiger partial charge on any atom is 0.292 e. The van der Waals surface area contributed by atoms with E-state index in [9.17, 15) is 9.18 Å². The van der Waals surface area contributed by atoms with Gasteiger partial charge in [0, 0.05) is 18.3 Å². The quantitative estimate of drug-likeness (QED) is 0.919. The lowest BCUT2D eigenvalue weighted by Gasteiger charge is -2.20. The average molecular weight is 290 g/mol. The van der Waals surface area contributed by atoms with Gasteiger partial charge in [-0.3, -0.25) is 4.79 Å². The van der Waals surface area contributed by atoms with Crippen LogP contribution in [0.25, 0.3) is 0 Å². The van der Waals surface area contributed by atoms with Crippen LogP contribution in [0.4, 0.5) is 4.39 Å². The van der Waals surface area contributed by atoms with Gasteiger partial charge in [0.25, 0.3) is 5.56 Å². The van der Waals surface area contributed by atoms with Crippen molar-refractivity contribution in [2.24, 2.45) is 5.73 Å². The molecule has 2 rings (SSSR count). The summed E-state index contributed by atoms with van der Waals surface area (Å²) in [6.45, 7) is 4.32. The first-order valence-electron chi connectivity index (χ1n) is 6.71. The van der Waals surface area contributed by atoms with Crippen LogP contribution in [0.15, 0.2) is 47.4 Å². The summed E-state index contributed by atoms with van der Waals surface area (Å²) in [6.07, 6.45) is 1.68. The van der Waals surface area contributed by atoms with Crippen molar-refractivity contribution in [2.75, 3.05) is 0 Å². The van der Waals surface area contributed by atoms with Gasteiger partial charge in [-0.2, -0.15) is 0 Å². The van der Waals surface area contributed by atoms with Gasteiger partial charge in [0.1, 0.15) is 12.4 Å². The normalized spacial score (nSPS) is 11.4. The minimum absolute atomic E-state index is 0.214. The van der Waals surface area contributed by atoms with Crippen molar-refractivity contribution < 1.29 is 9.13 Å². The first kappa shape index (κ1) is 15.3. The van der Waals surface area contributed by atoms with Gasteiger partial charge in [-0.25, -0.2) is 4.39 Å². The van der Waals surface area contributed by atoms with Crippen molar-refractivity contribution in [2.45, 2.75) is 32.5 Å². The molecule has 2 aromatic rings. The maximum absolute atomic E-state index is 12.8. The van der Waals surface area contributed by atoms with E-state index in [1.807, 2.05) is 13.8 Å². The third-order valence-corrected chi connectivity index (χ3v) is 2.87. The van der Waals surface area contributed by atoms with Crippen molar-refractivity contribution in [1.29, 1.82) is 0 Å². The molecule has 1 aromatic carbocycles. The van der Waals surface area contributed by atoms with Crippen molar-refractivity contribution in [1.82, 2.24) is 4.57 Å². The Morgan fingerprint density at radius 1 is 1.24 bits per heavy atom. The second-order valence-electron chi connectivity index (χ2n) is 5.71. The molecule has 0 amide bonds. The lowest BCUT2D eigenvalue weighted by Crippen LogP contribution is -2.40. The molecule has 4 nitrogen and oxygen atoms in total. The lowest BCUT2D eigenvalue weighted by atomic mass is 10.1. The van der Waals surface area contributed by atoms with Gasteiger partial charge in [0.05, 0.1) is 0 Å². The number of halogens is 1. The zero-order chi connectivity index (χ0) is 15.5. The van der Waals surface area contributed by atoms with E-state index in [0.717, 1.165) is 5.56 Å². The number of pyridine rings is 1. The Morgan fingerprint density at radius 2 is 1.90 bits per heavy atom. The zero-order valence-corrected chi connectivity index (χ0v) is 12.2. The summed E-state index contributed by atoms with van der Waals surface area (Å²) in [5.41, 5.74) is 6.02. The number of nitrogens with two attached hydrogens (primary N) is 1. The molecule has 0 saturated heterocycles. The lowest BCUT2D eigenvalue weighted by molar-refractivity contribution is 0.296. The summed E-state index contributed by atoms with van der Waals surface area (Å²) in [5.74, 6) is -0.0444. The second-order valence-corrected chi connectivity index (χ2v) is 5.71. The van der Waals surface area contributed by atoms with E-state index in [1.165, 1.54) is 16.7 Å². The van der Waals surface area contributed by atoms with Crippen LogP contribution < -0.4 is 16.0 Å². The molecule has 112 valence electrons. The van der Waals surface area contributed by atoms with Gasteiger partial charge in [-0.1, -0.05) is 12.1 Å². The molecule has 2 N–H and O–H groups in total. The molecule has 0 unspecified atom stereocenters. The summed E-state index contributed by atoms with van der Waals surface area (Å²) < 4.78 is 19.9. The number of hydrogen-bond acceptors (Lipinski definition) is 3. The van der Waals surface area contributed by atoms with E-state index in [-0.39, 0.29) is 23.7 Å². The van der Waals surface area contributed by atoms with E-state index in [1.54, 1.807) is 30.5 Å². The third kappa shape index (κ3) is 4.43. The van der Waals surface area contributed by atoms with Crippen molar-refractivity contribution >= 4 is 0 Å². The summed E-state index contributed by atoms with van der Waals surface area (Å²) in [4.78, 5) is 12.2. The van der Waals surface area contributed by atoms with Gasteiger partial charge in [-0.05, 0) is 43.7 Å². The molecule has 0 aliphatic heterocycles. The number of nitrogens with zero attached hydrogens (tertiary/aromatic N) is 1. The fourth-order valence-electron chi connectivity index (χ4n) is 1.93. The molecule has 1 heterocycles. The molecular formula is C16H19FN2O2. The van der Waals surface area contributed by atoms with Crippen LogP contribution in [-0.2, 0) is 13.2 Å². The van der Waals surface area contributed by atoms with Crippen molar-refractivity contribution in [3.8, 4) is 5.75 Å². The molecule has 21 heavy (non-hydrogen) atoms. The highest BCUT2D eigenvalue weighted by Gasteiger charge is 2.14. The van der Waals surface area contributed by atoms with Crippen LogP contribution in [0.1, 0.15) is 19.4 Å². The van der Waals surface area contributed by atoms with Crippen LogP contribution in [0, 0.1) is 5.82 Å². The van der Waals surface area contributed by atoms with Crippen LogP contribution in [0.3, 0.4) is 0 Å². The highest BCUT2D eigenvalue weighted by Crippen LogP contribution is 2.09. The van der Waals surface area contributed by atoms with Crippen molar-refractivity contribution in [3.05, 3.63) is 64.3 Å². The molecule has 5 heteroatoms. The van der Waals surface area contributed by atoms with Gasteiger partial charge < -0.3 is 15.0 Å². The molecule has 0 fully saturated rings. The van der Waals surface area contributed by atoms with E-state index < -0.39 is 5.54 Å². The van der Waals surface area contributed by atoms with Gasteiger partial charge in [-0.15, -0.1) is 0 Å². The molecule has 0 aliphatic carbocycles. The standard InChI is InChI=1S/C16H19FN2O2/c1-16(2,18)11-19-9-3-4-14(15(19)20)21-10-12-5-7-13(17)8-6-12/h3-9H,10-11,18H2,1-2H3. The van der Waals surface area contributed by atoms with Gasteiger partial charge in [0.2, 0.25) is 0 Å². The summed E-state index contributed by atoms with van der Waals surface area (Å²) in [7, 11) is 0. The smallest absolute Gasteiger partial charge is 0.292 e. The number of ether oxygens (including phenoxy) is 1. The predicted molar refractivity (Wildman–Crippen MR) is 79.7 cm³/mol. The Balaban J connectivity index is 2.12. The van der Waals surface area contributed by atoms with E-state index in [0.29, 0.717) is 6.54 Å². The van der Waals surface area contributed by atoms with Gasteiger partial charge >= 0.3 is 0 Å². The Hall–Kier alpha value is -2.14. The highest BCUT2D eigenvalue weighted by molar-refractivity contribution is 5.20. The summed E-state index contributed by atoms with van der Waals surface area (Å²) in [5, 5.41) is 0. The number of hydrogen-bond donors (Lipinski definition) is 1. The molecule has 0 bridgehead atoms. The Morgan fingerprint density at radius 3 is 2.52 bits per heavy atom. The van der Waals surface area contributed by atoms with E-state index in [2.05, 4.69) is 0 Å². The first-order chi connectivity index (χ1) is 9.85. The second kappa shape index (κ2) is 6.10.